The van der Waals surface area contributed by atoms with E-state index in [0.717, 1.165) is 35.3 Å². The summed E-state index contributed by atoms with van der Waals surface area (Å²) in [7, 11) is 0. The fourth-order valence-corrected chi connectivity index (χ4v) is 2.65. The maximum atomic E-state index is 9.95. The van der Waals surface area contributed by atoms with Crippen molar-refractivity contribution in [3.63, 3.8) is 0 Å². The quantitative estimate of drug-likeness (QED) is 0.702. The summed E-state index contributed by atoms with van der Waals surface area (Å²) in [5, 5.41) is 9.95. The largest absolute Gasteiger partial charge is 0.507 e. The lowest BCUT2D eigenvalue weighted by atomic mass is 9.92. The van der Waals surface area contributed by atoms with Gasteiger partial charge >= 0.3 is 0 Å². The summed E-state index contributed by atoms with van der Waals surface area (Å²) in [6, 6.07) is 0. The fourth-order valence-electron chi connectivity index (χ4n) is 2.65. The van der Waals surface area contributed by atoms with E-state index in [9.17, 15) is 5.11 Å². The van der Waals surface area contributed by atoms with Crippen molar-refractivity contribution in [3.8, 4) is 11.5 Å². The van der Waals surface area contributed by atoms with Crippen LogP contribution in [0.1, 0.15) is 62.8 Å². The molecule has 1 aliphatic rings. The number of rotatable bonds is 1. The van der Waals surface area contributed by atoms with Crippen LogP contribution in [-0.4, -0.2) is 11.2 Å². The average molecular weight is 290 g/mol. The third kappa shape index (κ3) is 4.26. The molecule has 0 fully saturated rings. The molecule has 1 aliphatic heterocycles. The SMILES string of the molecule is CCC=C(C)C.Cc1c(C)c2c(c(C)c1O)CCC(C)O2. The Morgan fingerprint density at radius 1 is 1.19 bits per heavy atom. The molecular weight excluding hydrogens is 260 g/mol. The van der Waals surface area contributed by atoms with Crippen molar-refractivity contribution in [1.82, 2.24) is 0 Å². The molecule has 1 atom stereocenters. The number of phenols is 1. The second-order valence-electron chi connectivity index (χ2n) is 6.19. The number of benzene rings is 1. The number of aromatic hydroxyl groups is 1. The van der Waals surface area contributed by atoms with Gasteiger partial charge in [-0.3, -0.25) is 0 Å². The van der Waals surface area contributed by atoms with Gasteiger partial charge in [-0.05, 0) is 77.5 Å². The van der Waals surface area contributed by atoms with Crippen LogP contribution in [0.15, 0.2) is 11.6 Å². The Kier molecular flexibility index (Phi) is 6.32. The second kappa shape index (κ2) is 7.53. The molecule has 2 heteroatoms. The third-order valence-electron chi connectivity index (χ3n) is 4.07. The van der Waals surface area contributed by atoms with Crippen LogP contribution in [0.5, 0.6) is 11.5 Å². The molecule has 0 aromatic heterocycles. The predicted octanol–water partition coefficient (Wildman–Crippen LogP) is 5.39. The minimum atomic E-state index is 0.291. The molecule has 2 nitrogen and oxygen atoms in total. The molecule has 1 aromatic carbocycles. The van der Waals surface area contributed by atoms with Gasteiger partial charge in [0.15, 0.2) is 0 Å². The zero-order valence-corrected chi connectivity index (χ0v) is 14.6. The van der Waals surface area contributed by atoms with Crippen LogP contribution in [0.3, 0.4) is 0 Å². The number of phenolic OH excluding ortho intramolecular Hbond substituents is 1. The van der Waals surface area contributed by atoms with Crippen LogP contribution in [0, 0.1) is 20.8 Å². The monoisotopic (exact) mass is 290 g/mol. The molecule has 0 amide bonds. The molecule has 1 aromatic rings. The first-order valence-corrected chi connectivity index (χ1v) is 7.91. The van der Waals surface area contributed by atoms with E-state index in [0.29, 0.717) is 11.9 Å². The van der Waals surface area contributed by atoms with Gasteiger partial charge in [0.05, 0.1) is 6.10 Å². The van der Waals surface area contributed by atoms with E-state index >= 15 is 0 Å². The number of fused-ring (bicyclic) bond motifs is 1. The Morgan fingerprint density at radius 2 is 1.81 bits per heavy atom. The van der Waals surface area contributed by atoms with Crippen LogP contribution in [0.4, 0.5) is 0 Å². The number of hydrogen-bond acceptors (Lipinski definition) is 2. The van der Waals surface area contributed by atoms with Gasteiger partial charge in [0.1, 0.15) is 11.5 Å². The summed E-state index contributed by atoms with van der Waals surface area (Å²) in [4.78, 5) is 0. The summed E-state index contributed by atoms with van der Waals surface area (Å²) in [5.74, 6) is 1.44. The molecule has 118 valence electrons. The Hall–Kier alpha value is -1.44. The van der Waals surface area contributed by atoms with Crippen molar-refractivity contribution in [3.05, 3.63) is 33.9 Å². The first-order valence-electron chi connectivity index (χ1n) is 7.91. The summed E-state index contributed by atoms with van der Waals surface area (Å²) < 4.78 is 5.87. The van der Waals surface area contributed by atoms with Crippen LogP contribution in [0.2, 0.25) is 0 Å². The highest BCUT2D eigenvalue weighted by molar-refractivity contribution is 5.58. The van der Waals surface area contributed by atoms with E-state index in [-0.39, 0.29) is 0 Å². The van der Waals surface area contributed by atoms with Gasteiger partial charge in [-0.15, -0.1) is 0 Å². The second-order valence-corrected chi connectivity index (χ2v) is 6.19. The molecule has 0 saturated heterocycles. The van der Waals surface area contributed by atoms with Crippen molar-refractivity contribution in [1.29, 1.82) is 0 Å². The van der Waals surface area contributed by atoms with Gasteiger partial charge in [0.25, 0.3) is 0 Å². The Bertz CT molecular complexity index is 523. The minimum Gasteiger partial charge on any atom is -0.507 e. The van der Waals surface area contributed by atoms with Gasteiger partial charge in [-0.25, -0.2) is 0 Å². The zero-order chi connectivity index (χ0) is 16.2. The molecule has 1 N–H and O–H groups in total. The molecule has 1 unspecified atom stereocenters. The van der Waals surface area contributed by atoms with E-state index in [2.05, 4.69) is 33.8 Å². The maximum Gasteiger partial charge on any atom is 0.126 e. The van der Waals surface area contributed by atoms with E-state index in [1.165, 1.54) is 17.6 Å². The Balaban J connectivity index is 0.000000315. The smallest absolute Gasteiger partial charge is 0.126 e. The van der Waals surface area contributed by atoms with Crippen LogP contribution >= 0.6 is 0 Å². The van der Waals surface area contributed by atoms with Gasteiger partial charge in [0.2, 0.25) is 0 Å². The zero-order valence-electron chi connectivity index (χ0n) is 14.6. The summed E-state index contributed by atoms with van der Waals surface area (Å²) >= 11 is 0. The minimum absolute atomic E-state index is 0.291. The van der Waals surface area contributed by atoms with Gasteiger partial charge in [0, 0.05) is 5.56 Å². The highest BCUT2D eigenvalue weighted by Crippen LogP contribution is 2.40. The van der Waals surface area contributed by atoms with Crippen molar-refractivity contribution in [2.24, 2.45) is 0 Å². The van der Waals surface area contributed by atoms with Crippen molar-refractivity contribution in [2.75, 3.05) is 0 Å². The lowest BCUT2D eigenvalue weighted by Crippen LogP contribution is -2.20. The lowest BCUT2D eigenvalue weighted by Gasteiger charge is -2.27. The van der Waals surface area contributed by atoms with Crippen molar-refractivity contribution in [2.45, 2.75) is 73.8 Å². The summed E-state index contributed by atoms with van der Waals surface area (Å²) in [6.07, 6.45) is 5.72. The van der Waals surface area contributed by atoms with E-state index < -0.39 is 0 Å². The first kappa shape index (κ1) is 17.6. The van der Waals surface area contributed by atoms with Crippen LogP contribution in [-0.2, 0) is 6.42 Å². The van der Waals surface area contributed by atoms with Gasteiger partial charge in [-0.2, -0.15) is 0 Å². The molecule has 0 aliphatic carbocycles. The molecule has 0 radical (unpaired) electrons. The Morgan fingerprint density at radius 3 is 2.29 bits per heavy atom. The van der Waals surface area contributed by atoms with Crippen LogP contribution in [0.25, 0.3) is 0 Å². The normalized spacial score (nSPS) is 16.2. The lowest BCUT2D eigenvalue weighted by molar-refractivity contribution is 0.190. The number of allylic oxidation sites excluding steroid dienone is 2. The molecule has 0 saturated carbocycles. The first-order chi connectivity index (χ1) is 9.79. The van der Waals surface area contributed by atoms with Gasteiger partial charge in [-0.1, -0.05) is 18.6 Å². The molecular formula is C19H30O2. The Labute approximate surface area is 129 Å². The topological polar surface area (TPSA) is 29.5 Å². The number of hydrogen-bond donors (Lipinski definition) is 1. The average Bonchev–Trinajstić information content (AvgIpc) is 2.43. The third-order valence-corrected chi connectivity index (χ3v) is 4.07. The maximum absolute atomic E-state index is 9.95. The van der Waals surface area contributed by atoms with Crippen molar-refractivity contribution < 1.29 is 9.84 Å². The molecule has 0 spiro atoms. The highest BCUT2D eigenvalue weighted by atomic mass is 16.5. The van der Waals surface area contributed by atoms with E-state index in [1.807, 2.05) is 20.8 Å². The summed E-state index contributed by atoms with van der Waals surface area (Å²) in [5.41, 5.74) is 5.62. The fraction of sp³-hybridized carbons (Fsp3) is 0.579. The standard InChI is InChI=1S/C13H18O2.C6H12/c1-7-5-6-11-10(4)12(14)8(2)9(3)13(11)15-7;1-4-5-6(2)3/h7,14H,5-6H2,1-4H3;5H,4H2,1-3H3. The molecule has 1 heterocycles. The highest BCUT2D eigenvalue weighted by Gasteiger charge is 2.23. The molecule has 2 rings (SSSR count). The predicted molar refractivity (Wildman–Crippen MR) is 90.5 cm³/mol. The van der Waals surface area contributed by atoms with E-state index in [1.54, 1.807) is 0 Å². The van der Waals surface area contributed by atoms with Crippen LogP contribution < -0.4 is 4.74 Å². The van der Waals surface area contributed by atoms with Crippen molar-refractivity contribution >= 4 is 0 Å². The number of ether oxygens (including phenoxy) is 1. The summed E-state index contributed by atoms with van der Waals surface area (Å²) in [6.45, 7) is 14.4. The molecule has 0 bridgehead atoms. The van der Waals surface area contributed by atoms with Gasteiger partial charge < -0.3 is 9.84 Å². The van der Waals surface area contributed by atoms with E-state index in [4.69, 9.17) is 4.74 Å². The molecule has 21 heavy (non-hydrogen) atoms.